The highest BCUT2D eigenvalue weighted by molar-refractivity contribution is 5.96. The van der Waals surface area contributed by atoms with Crippen LogP contribution < -0.4 is 5.32 Å². The summed E-state index contributed by atoms with van der Waals surface area (Å²) in [7, 11) is 1.88. The van der Waals surface area contributed by atoms with Gasteiger partial charge in [0.05, 0.1) is 11.9 Å². The van der Waals surface area contributed by atoms with Crippen LogP contribution in [0.4, 0.5) is 13.2 Å². The summed E-state index contributed by atoms with van der Waals surface area (Å²) in [5.41, 5.74) is 2.00. The zero-order valence-corrected chi connectivity index (χ0v) is 16.5. The van der Waals surface area contributed by atoms with Crippen LogP contribution >= 0.6 is 0 Å². The summed E-state index contributed by atoms with van der Waals surface area (Å²) in [6, 6.07) is 1.75. The Kier molecular flexibility index (Phi) is 7.14. The van der Waals surface area contributed by atoms with E-state index in [-0.39, 0.29) is 11.9 Å². The Bertz CT molecular complexity index is 1030. The Morgan fingerprint density at radius 3 is 2.53 bits per heavy atom. The Morgan fingerprint density at radius 2 is 1.93 bits per heavy atom. The molecule has 0 spiro atoms. The number of aliphatic carboxylic acids is 1. The quantitative estimate of drug-likeness (QED) is 0.646. The molecule has 0 aromatic carbocycles. The predicted octanol–water partition coefficient (Wildman–Crippen LogP) is 2.18. The number of carbonyl (C=O) groups excluding carboxylic acids is 1. The number of aromatic nitrogens is 5. The minimum atomic E-state index is -5.08. The fourth-order valence-electron chi connectivity index (χ4n) is 2.61. The number of carboxylic acids is 1. The standard InChI is InChI=1S/C16H20N6O.C2HF3O2/c1-4-14-17-5-6-22(14)9-11(2)20-16(23)12-7-13-15(18-8-12)21(3)10-19-13;3-2(4,5)1(6)7/h5-8,10-11H,4,9H2,1-3H3,(H,20,23);(H,6,7). The number of hydrogen-bond acceptors (Lipinski definition) is 5. The van der Waals surface area contributed by atoms with Gasteiger partial charge in [0.25, 0.3) is 5.91 Å². The Balaban J connectivity index is 0.000000396. The number of nitrogens with zero attached hydrogens (tertiary/aromatic N) is 5. The normalized spacial score (nSPS) is 12.2. The molecule has 0 aliphatic carbocycles. The van der Waals surface area contributed by atoms with Crippen LogP contribution in [0.5, 0.6) is 0 Å². The first-order valence-corrected chi connectivity index (χ1v) is 8.91. The van der Waals surface area contributed by atoms with Crippen LogP contribution in [0.25, 0.3) is 11.2 Å². The SMILES string of the molecule is CCc1nccn1CC(C)NC(=O)c1cnc2c(c1)ncn2C.O=C(O)C(F)(F)F. The summed E-state index contributed by atoms with van der Waals surface area (Å²) in [6.07, 6.45) is 2.78. The molecule has 0 bridgehead atoms. The number of nitrogens with one attached hydrogen (secondary N) is 1. The topological polar surface area (TPSA) is 115 Å². The highest BCUT2D eigenvalue weighted by atomic mass is 19.4. The van der Waals surface area contributed by atoms with Gasteiger partial charge in [-0.15, -0.1) is 0 Å². The fourth-order valence-corrected chi connectivity index (χ4v) is 2.61. The third-order valence-electron chi connectivity index (χ3n) is 4.02. The smallest absolute Gasteiger partial charge is 0.475 e. The van der Waals surface area contributed by atoms with E-state index in [2.05, 4.69) is 31.8 Å². The first-order valence-electron chi connectivity index (χ1n) is 8.91. The zero-order valence-electron chi connectivity index (χ0n) is 16.5. The lowest BCUT2D eigenvalue weighted by Crippen LogP contribution is -2.36. The highest BCUT2D eigenvalue weighted by Gasteiger charge is 2.38. The number of carboxylic acid groups (broad SMARTS) is 1. The van der Waals surface area contributed by atoms with Crippen LogP contribution in [-0.2, 0) is 24.8 Å². The van der Waals surface area contributed by atoms with Crippen molar-refractivity contribution in [2.75, 3.05) is 0 Å². The monoisotopic (exact) mass is 426 g/mol. The van der Waals surface area contributed by atoms with Gasteiger partial charge in [-0.3, -0.25) is 4.79 Å². The summed E-state index contributed by atoms with van der Waals surface area (Å²) in [4.78, 5) is 34.1. The number of pyridine rings is 1. The van der Waals surface area contributed by atoms with Gasteiger partial charge in [-0.1, -0.05) is 6.92 Å². The van der Waals surface area contributed by atoms with Crippen LogP contribution in [0.3, 0.4) is 0 Å². The summed E-state index contributed by atoms with van der Waals surface area (Å²) in [5, 5.41) is 10.1. The molecule has 1 unspecified atom stereocenters. The van der Waals surface area contributed by atoms with E-state index in [1.165, 1.54) is 0 Å². The Labute approximate surface area is 169 Å². The molecule has 0 aliphatic heterocycles. The van der Waals surface area contributed by atoms with E-state index in [0.29, 0.717) is 12.1 Å². The van der Waals surface area contributed by atoms with Crippen molar-refractivity contribution in [3.05, 3.63) is 42.4 Å². The molecule has 1 atom stereocenters. The first-order chi connectivity index (χ1) is 14.0. The maximum absolute atomic E-state index is 12.4. The summed E-state index contributed by atoms with van der Waals surface area (Å²) in [6.45, 7) is 4.73. The first kappa shape index (κ1) is 22.8. The second kappa shape index (κ2) is 9.37. The van der Waals surface area contributed by atoms with Gasteiger partial charge < -0.3 is 19.6 Å². The second-order valence-electron chi connectivity index (χ2n) is 6.45. The summed E-state index contributed by atoms with van der Waals surface area (Å²) in [5.74, 6) is -1.88. The summed E-state index contributed by atoms with van der Waals surface area (Å²) >= 11 is 0. The van der Waals surface area contributed by atoms with Crippen LogP contribution in [0, 0.1) is 0 Å². The van der Waals surface area contributed by atoms with Gasteiger partial charge in [-0.25, -0.2) is 19.7 Å². The molecular formula is C18H21F3N6O3. The lowest BCUT2D eigenvalue weighted by Gasteiger charge is -2.16. The average Bonchev–Trinajstić information content (AvgIpc) is 3.27. The summed E-state index contributed by atoms with van der Waals surface area (Å²) < 4.78 is 35.6. The van der Waals surface area contributed by atoms with Gasteiger partial charge in [0.1, 0.15) is 11.3 Å². The number of rotatable bonds is 5. The average molecular weight is 426 g/mol. The van der Waals surface area contributed by atoms with E-state index in [9.17, 15) is 18.0 Å². The van der Waals surface area contributed by atoms with Crippen molar-refractivity contribution in [2.24, 2.45) is 7.05 Å². The molecule has 3 rings (SSSR count). The zero-order chi connectivity index (χ0) is 22.5. The largest absolute Gasteiger partial charge is 0.490 e. The molecule has 0 saturated carbocycles. The molecule has 1 amide bonds. The minimum absolute atomic E-state index is 0.0126. The van der Waals surface area contributed by atoms with Crippen molar-refractivity contribution >= 4 is 23.0 Å². The van der Waals surface area contributed by atoms with Gasteiger partial charge in [0.15, 0.2) is 5.65 Å². The predicted molar refractivity (Wildman–Crippen MR) is 101 cm³/mol. The molecule has 30 heavy (non-hydrogen) atoms. The molecule has 2 N–H and O–H groups in total. The third-order valence-corrected chi connectivity index (χ3v) is 4.02. The van der Waals surface area contributed by atoms with E-state index in [0.717, 1.165) is 23.4 Å². The molecule has 162 valence electrons. The van der Waals surface area contributed by atoms with Crippen LogP contribution in [-0.4, -0.2) is 53.3 Å². The van der Waals surface area contributed by atoms with Crippen LogP contribution in [0.15, 0.2) is 31.0 Å². The van der Waals surface area contributed by atoms with E-state index in [1.807, 2.05) is 24.7 Å². The van der Waals surface area contributed by atoms with E-state index in [1.54, 1.807) is 24.8 Å². The molecule has 3 aromatic heterocycles. The lowest BCUT2D eigenvalue weighted by atomic mass is 10.2. The third kappa shape index (κ3) is 5.78. The minimum Gasteiger partial charge on any atom is -0.475 e. The number of aryl methyl sites for hydroxylation is 2. The van der Waals surface area contributed by atoms with Crippen molar-refractivity contribution in [2.45, 2.75) is 39.0 Å². The molecule has 0 radical (unpaired) electrons. The van der Waals surface area contributed by atoms with Crippen LogP contribution in [0.2, 0.25) is 0 Å². The molecule has 0 aliphatic rings. The Morgan fingerprint density at radius 1 is 1.27 bits per heavy atom. The molecule has 0 fully saturated rings. The molecule has 12 heteroatoms. The Hall–Kier alpha value is -3.44. The van der Waals surface area contributed by atoms with Crippen molar-refractivity contribution < 1.29 is 27.9 Å². The van der Waals surface area contributed by atoms with E-state index < -0.39 is 12.1 Å². The molecule has 9 nitrogen and oxygen atoms in total. The number of amides is 1. The second-order valence-corrected chi connectivity index (χ2v) is 6.45. The van der Waals surface area contributed by atoms with Crippen molar-refractivity contribution in [1.82, 2.24) is 29.4 Å². The number of hydrogen-bond donors (Lipinski definition) is 2. The van der Waals surface area contributed by atoms with E-state index in [4.69, 9.17) is 9.90 Å². The van der Waals surface area contributed by atoms with Crippen LogP contribution in [0.1, 0.15) is 30.0 Å². The molecular weight excluding hydrogens is 405 g/mol. The van der Waals surface area contributed by atoms with Gasteiger partial charge in [-0.05, 0) is 13.0 Å². The van der Waals surface area contributed by atoms with Gasteiger partial charge in [-0.2, -0.15) is 13.2 Å². The number of carbonyl (C=O) groups is 2. The lowest BCUT2D eigenvalue weighted by molar-refractivity contribution is -0.192. The van der Waals surface area contributed by atoms with Gasteiger partial charge in [0, 0.05) is 44.6 Å². The number of halogens is 3. The molecule has 0 saturated heterocycles. The van der Waals surface area contributed by atoms with Crippen molar-refractivity contribution in [3.63, 3.8) is 0 Å². The van der Waals surface area contributed by atoms with Crippen molar-refractivity contribution in [1.29, 1.82) is 0 Å². The molecule has 3 aromatic rings. The highest BCUT2D eigenvalue weighted by Crippen LogP contribution is 2.13. The van der Waals surface area contributed by atoms with Crippen molar-refractivity contribution in [3.8, 4) is 0 Å². The van der Waals surface area contributed by atoms with E-state index >= 15 is 0 Å². The fraction of sp³-hybridized carbons (Fsp3) is 0.389. The number of alkyl halides is 3. The molecule has 3 heterocycles. The maximum Gasteiger partial charge on any atom is 0.490 e. The maximum atomic E-state index is 12.4. The van der Waals surface area contributed by atoms with Gasteiger partial charge in [0.2, 0.25) is 0 Å². The number of imidazole rings is 2. The number of fused-ring (bicyclic) bond motifs is 1. The van der Waals surface area contributed by atoms with Gasteiger partial charge >= 0.3 is 12.1 Å².